The van der Waals surface area contributed by atoms with E-state index in [0.717, 1.165) is 0 Å². The minimum absolute atomic E-state index is 0.150. The number of nitrogens with zero attached hydrogens (tertiary/aromatic N) is 1. The first-order valence-electron chi connectivity index (χ1n) is 7.35. The van der Waals surface area contributed by atoms with Gasteiger partial charge in [-0.1, -0.05) is 6.07 Å². The molecule has 1 aromatic rings. The van der Waals surface area contributed by atoms with Crippen molar-refractivity contribution in [2.24, 2.45) is 0 Å². The minimum atomic E-state index is -1.14. The number of non-ortho nitro benzene ring substituents is 1. The van der Waals surface area contributed by atoms with Gasteiger partial charge in [-0.3, -0.25) is 19.7 Å². The molecule has 0 spiro atoms. The summed E-state index contributed by atoms with van der Waals surface area (Å²) in [6, 6.07) is 3.06. The Kier molecular flexibility index (Phi) is 7.80. The summed E-state index contributed by atoms with van der Waals surface area (Å²) in [5.74, 6) is -1.68. The van der Waals surface area contributed by atoms with E-state index >= 15 is 0 Å². The SMILES string of the molecule is COCCCNC(CC(=O)Nc1cc([N+](=O)[O-])ccc1C)C(=O)O. The lowest BCUT2D eigenvalue weighted by Crippen LogP contribution is -2.40. The van der Waals surface area contributed by atoms with E-state index in [4.69, 9.17) is 9.84 Å². The first-order chi connectivity index (χ1) is 11.3. The van der Waals surface area contributed by atoms with Crippen LogP contribution in [-0.2, 0) is 14.3 Å². The number of carboxylic acid groups (broad SMARTS) is 1. The molecule has 0 aliphatic carbocycles. The van der Waals surface area contributed by atoms with Gasteiger partial charge in [0.15, 0.2) is 0 Å². The molecule has 0 heterocycles. The smallest absolute Gasteiger partial charge is 0.321 e. The van der Waals surface area contributed by atoms with E-state index in [1.807, 2.05) is 0 Å². The highest BCUT2D eigenvalue weighted by atomic mass is 16.6. The van der Waals surface area contributed by atoms with E-state index in [2.05, 4.69) is 10.6 Å². The summed E-state index contributed by atoms with van der Waals surface area (Å²) in [5.41, 5.74) is 0.787. The fourth-order valence-corrected chi connectivity index (χ4v) is 1.98. The van der Waals surface area contributed by atoms with Crippen LogP contribution in [0.2, 0.25) is 0 Å². The Morgan fingerprint density at radius 3 is 2.71 bits per heavy atom. The van der Waals surface area contributed by atoms with Crippen LogP contribution in [-0.4, -0.2) is 48.2 Å². The average molecular weight is 339 g/mol. The number of benzene rings is 1. The highest BCUT2D eigenvalue weighted by molar-refractivity contribution is 5.94. The molecule has 1 aromatic carbocycles. The fourth-order valence-electron chi connectivity index (χ4n) is 1.98. The van der Waals surface area contributed by atoms with Gasteiger partial charge in [-0.25, -0.2) is 0 Å². The van der Waals surface area contributed by atoms with Crippen LogP contribution in [0.15, 0.2) is 18.2 Å². The first kappa shape index (κ1) is 19.5. The Hall–Kier alpha value is -2.52. The van der Waals surface area contributed by atoms with E-state index in [9.17, 15) is 19.7 Å². The number of carbonyl (C=O) groups is 2. The molecule has 1 rings (SSSR count). The predicted octanol–water partition coefficient (Wildman–Crippen LogP) is 1.31. The van der Waals surface area contributed by atoms with Crippen molar-refractivity contribution in [3.05, 3.63) is 33.9 Å². The number of hydrogen-bond acceptors (Lipinski definition) is 6. The number of methoxy groups -OCH3 is 1. The second-order valence-electron chi connectivity index (χ2n) is 5.20. The summed E-state index contributed by atoms with van der Waals surface area (Å²) in [7, 11) is 1.55. The molecule has 0 aliphatic heterocycles. The molecule has 0 bridgehead atoms. The van der Waals surface area contributed by atoms with Crippen molar-refractivity contribution in [1.82, 2.24) is 5.32 Å². The molecule has 24 heavy (non-hydrogen) atoms. The predicted molar refractivity (Wildman–Crippen MR) is 87.0 cm³/mol. The molecule has 1 atom stereocenters. The van der Waals surface area contributed by atoms with Gasteiger partial charge in [0.25, 0.3) is 5.69 Å². The number of ether oxygens (including phenoxy) is 1. The van der Waals surface area contributed by atoms with Crippen molar-refractivity contribution >= 4 is 23.3 Å². The van der Waals surface area contributed by atoms with Crippen molar-refractivity contribution in [3.63, 3.8) is 0 Å². The average Bonchev–Trinajstić information content (AvgIpc) is 2.52. The molecular weight excluding hydrogens is 318 g/mol. The number of aliphatic carboxylic acids is 1. The number of carboxylic acids is 1. The number of anilines is 1. The lowest BCUT2D eigenvalue weighted by molar-refractivity contribution is -0.384. The molecule has 1 unspecified atom stereocenters. The molecule has 0 saturated heterocycles. The Bertz CT molecular complexity index is 605. The van der Waals surface area contributed by atoms with Gasteiger partial charge in [-0.15, -0.1) is 0 Å². The molecule has 0 aliphatic rings. The number of nitrogens with one attached hydrogen (secondary N) is 2. The van der Waals surface area contributed by atoms with Gasteiger partial charge < -0.3 is 20.5 Å². The highest BCUT2D eigenvalue weighted by Crippen LogP contribution is 2.22. The Labute approximate surface area is 139 Å². The second-order valence-corrected chi connectivity index (χ2v) is 5.20. The molecule has 0 saturated carbocycles. The number of rotatable bonds is 10. The normalized spacial score (nSPS) is 11.8. The number of aryl methyl sites for hydroxylation is 1. The van der Waals surface area contributed by atoms with Crippen LogP contribution < -0.4 is 10.6 Å². The van der Waals surface area contributed by atoms with Gasteiger partial charge in [0, 0.05) is 25.8 Å². The van der Waals surface area contributed by atoms with Crippen LogP contribution in [0, 0.1) is 17.0 Å². The maximum absolute atomic E-state index is 12.0. The summed E-state index contributed by atoms with van der Waals surface area (Å²) in [4.78, 5) is 33.5. The summed E-state index contributed by atoms with van der Waals surface area (Å²) in [6.07, 6.45) is 0.330. The number of nitro benzene ring substituents is 1. The van der Waals surface area contributed by atoms with Crippen LogP contribution in [0.5, 0.6) is 0 Å². The lowest BCUT2D eigenvalue weighted by atomic mass is 10.1. The molecule has 0 fully saturated rings. The van der Waals surface area contributed by atoms with E-state index in [-0.39, 0.29) is 17.8 Å². The van der Waals surface area contributed by atoms with Crippen molar-refractivity contribution in [1.29, 1.82) is 0 Å². The quantitative estimate of drug-likeness (QED) is 0.333. The molecule has 0 aromatic heterocycles. The summed E-state index contributed by atoms with van der Waals surface area (Å²) >= 11 is 0. The van der Waals surface area contributed by atoms with E-state index < -0.39 is 22.8 Å². The van der Waals surface area contributed by atoms with Crippen molar-refractivity contribution < 1.29 is 24.4 Å². The zero-order chi connectivity index (χ0) is 18.1. The second kappa shape index (κ2) is 9.58. The van der Waals surface area contributed by atoms with Gasteiger partial charge in [0.2, 0.25) is 5.91 Å². The van der Waals surface area contributed by atoms with Gasteiger partial charge in [-0.05, 0) is 25.5 Å². The van der Waals surface area contributed by atoms with Gasteiger partial charge in [-0.2, -0.15) is 0 Å². The summed E-state index contributed by atoms with van der Waals surface area (Å²) in [5, 5.41) is 25.2. The van der Waals surface area contributed by atoms with Crippen molar-refractivity contribution in [2.75, 3.05) is 25.6 Å². The number of nitro groups is 1. The largest absolute Gasteiger partial charge is 0.480 e. The standard InChI is InChI=1S/C15H21N3O6/c1-10-4-5-11(18(22)23)8-12(10)17-14(19)9-13(15(20)21)16-6-3-7-24-2/h4-5,8,13,16H,3,6-7,9H2,1-2H3,(H,17,19)(H,20,21). The van der Waals surface area contributed by atoms with E-state index in [1.54, 1.807) is 14.0 Å². The van der Waals surface area contributed by atoms with Crippen LogP contribution in [0.1, 0.15) is 18.4 Å². The Morgan fingerprint density at radius 1 is 1.42 bits per heavy atom. The molecule has 9 heteroatoms. The lowest BCUT2D eigenvalue weighted by Gasteiger charge is -2.15. The third-order valence-electron chi connectivity index (χ3n) is 3.31. The summed E-state index contributed by atoms with van der Waals surface area (Å²) in [6.45, 7) is 2.57. The third kappa shape index (κ3) is 6.31. The van der Waals surface area contributed by atoms with Crippen LogP contribution >= 0.6 is 0 Å². The number of carbonyl (C=O) groups excluding carboxylic acids is 1. The maximum Gasteiger partial charge on any atom is 0.321 e. The Morgan fingerprint density at radius 2 is 2.12 bits per heavy atom. The van der Waals surface area contributed by atoms with Crippen LogP contribution in [0.25, 0.3) is 0 Å². The number of hydrogen-bond donors (Lipinski definition) is 3. The van der Waals surface area contributed by atoms with E-state index in [0.29, 0.717) is 25.1 Å². The van der Waals surface area contributed by atoms with E-state index in [1.165, 1.54) is 18.2 Å². The number of amides is 1. The molecule has 9 nitrogen and oxygen atoms in total. The zero-order valence-electron chi connectivity index (χ0n) is 13.6. The molecule has 132 valence electrons. The summed E-state index contributed by atoms with van der Waals surface area (Å²) < 4.78 is 4.87. The Balaban J connectivity index is 2.67. The van der Waals surface area contributed by atoms with Gasteiger partial charge >= 0.3 is 5.97 Å². The minimum Gasteiger partial charge on any atom is -0.480 e. The fraction of sp³-hybridized carbons (Fsp3) is 0.467. The van der Waals surface area contributed by atoms with Gasteiger partial charge in [0.05, 0.1) is 17.0 Å². The van der Waals surface area contributed by atoms with Crippen LogP contribution in [0.4, 0.5) is 11.4 Å². The zero-order valence-corrected chi connectivity index (χ0v) is 13.6. The maximum atomic E-state index is 12.0. The highest BCUT2D eigenvalue weighted by Gasteiger charge is 2.21. The van der Waals surface area contributed by atoms with Gasteiger partial charge in [0.1, 0.15) is 6.04 Å². The molecule has 3 N–H and O–H groups in total. The first-order valence-corrected chi connectivity index (χ1v) is 7.35. The van der Waals surface area contributed by atoms with Crippen LogP contribution in [0.3, 0.4) is 0 Å². The monoisotopic (exact) mass is 339 g/mol. The molecule has 1 amide bonds. The molecular formula is C15H21N3O6. The topological polar surface area (TPSA) is 131 Å². The molecule has 0 radical (unpaired) electrons. The van der Waals surface area contributed by atoms with Crippen molar-refractivity contribution in [3.8, 4) is 0 Å². The third-order valence-corrected chi connectivity index (χ3v) is 3.31. The van der Waals surface area contributed by atoms with Crippen molar-refractivity contribution in [2.45, 2.75) is 25.8 Å².